The molecule has 0 aromatic heterocycles. The summed E-state index contributed by atoms with van der Waals surface area (Å²) in [6, 6.07) is 6.06. The van der Waals surface area contributed by atoms with E-state index in [0.29, 0.717) is 0 Å². The average molecular weight is 206 g/mol. The van der Waals surface area contributed by atoms with Crippen molar-refractivity contribution in [2.24, 2.45) is 0 Å². The summed E-state index contributed by atoms with van der Waals surface area (Å²) in [5, 5.41) is 10.2. The zero-order valence-electron chi connectivity index (χ0n) is 9.36. The lowest BCUT2D eigenvalue weighted by molar-refractivity contribution is -0.00291. The summed E-state index contributed by atoms with van der Waals surface area (Å²) in [7, 11) is 0. The summed E-state index contributed by atoms with van der Waals surface area (Å²) in [6.07, 6.45) is 1.55. The molecule has 1 aliphatic heterocycles. The van der Waals surface area contributed by atoms with Crippen LogP contribution in [0.5, 0.6) is 0 Å². The first-order chi connectivity index (χ1) is 7.20. The van der Waals surface area contributed by atoms with Crippen molar-refractivity contribution in [1.29, 1.82) is 0 Å². The van der Waals surface area contributed by atoms with Crippen molar-refractivity contribution in [2.45, 2.75) is 38.9 Å². The average Bonchev–Trinajstić information content (AvgIpc) is 2.74. The van der Waals surface area contributed by atoms with Gasteiger partial charge < -0.3 is 9.84 Å². The maximum absolute atomic E-state index is 10.2. The summed E-state index contributed by atoms with van der Waals surface area (Å²) < 4.78 is 5.51. The highest BCUT2D eigenvalue weighted by Gasteiger charge is 2.26. The second-order valence-electron chi connectivity index (χ2n) is 4.29. The van der Waals surface area contributed by atoms with Gasteiger partial charge in [-0.3, -0.25) is 0 Å². The van der Waals surface area contributed by atoms with Crippen LogP contribution in [0.1, 0.15) is 35.6 Å². The Morgan fingerprint density at radius 1 is 1.40 bits per heavy atom. The summed E-state index contributed by atoms with van der Waals surface area (Å²) in [5.74, 6) is 0. The number of hydrogen-bond acceptors (Lipinski definition) is 2. The van der Waals surface area contributed by atoms with Gasteiger partial charge in [0.1, 0.15) is 6.10 Å². The summed E-state index contributed by atoms with van der Waals surface area (Å²) in [6.45, 7) is 4.91. The molecule has 2 heteroatoms. The number of aliphatic hydroxyl groups is 1. The molecule has 0 spiro atoms. The van der Waals surface area contributed by atoms with Crippen LogP contribution in [-0.4, -0.2) is 17.8 Å². The fraction of sp³-hybridized carbons (Fsp3) is 0.538. The van der Waals surface area contributed by atoms with Gasteiger partial charge in [-0.05, 0) is 43.4 Å². The molecule has 2 atom stereocenters. The standard InChI is InChI=1S/C13H18O2/c1-9-5-3-6-11(10(9)2)13(14)12-7-4-8-15-12/h3,5-6,12-14H,4,7-8H2,1-2H3. The van der Waals surface area contributed by atoms with Crippen molar-refractivity contribution in [3.8, 4) is 0 Å². The maximum Gasteiger partial charge on any atom is 0.105 e. The van der Waals surface area contributed by atoms with Gasteiger partial charge in [-0.25, -0.2) is 0 Å². The molecule has 1 aromatic carbocycles. The van der Waals surface area contributed by atoms with Gasteiger partial charge in [-0.1, -0.05) is 18.2 Å². The molecular formula is C13H18O2. The van der Waals surface area contributed by atoms with Gasteiger partial charge in [-0.2, -0.15) is 0 Å². The Morgan fingerprint density at radius 3 is 2.87 bits per heavy atom. The van der Waals surface area contributed by atoms with Crippen LogP contribution in [0.4, 0.5) is 0 Å². The van der Waals surface area contributed by atoms with Crippen molar-refractivity contribution in [3.05, 3.63) is 34.9 Å². The van der Waals surface area contributed by atoms with E-state index in [1.54, 1.807) is 0 Å². The minimum atomic E-state index is -0.465. The van der Waals surface area contributed by atoms with E-state index in [-0.39, 0.29) is 6.10 Å². The van der Waals surface area contributed by atoms with Crippen molar-refractivity contribution >= 4 is 0 Å². The number of aliphatic hydroxyl groups excluding tert-OH is 1. The van der Waals surface area contributed by atoms with Gasteiger partial charge in [0, 0.05) is 6.61 Å². The second kappa shape index (κ2) is 4.33. The highest BCUT2D eigenvalue weighted by atomic mass is 16.5. The highest BCUT2D eigenvalue weighted by molar-refractivity contribution is 5.35. The molecule has 1 aliphatic rings. The van der Waals surface area contributed by atoms with Crippen molar-refractivity contribution in [1.82, 2.24) is 0 Å². The normalized spacial score (nSPS) is 23.0. The minimum Gasteiger partial charge on any atom is -0.386 e. The van der Waals surface area contributed by atoms with E-state index in [1.165, 1.54) is 11.1 Å². The number of hydrogen-bond donors (Lipinski definition) is 1. The van der Waals surface area contributed by atoms with Gasteiger partial charge in [0.05, 0.1) is 6.10 Å². The zero-order chi connectivity index (χ0) is 10.8. The fourth-order valence-electron chi connectivity index (χ4n) is 2.15. The van der Waals surface area contributed by atoms with Crippen LogP contribution >= 0.6 is 0 Å². The van der Waals surface area contributed by atoms with Crippen molar-refractivity contribution < 1.29 is 9.84 Å². The molecule has 82 valence electrons. The molecule has 1 heterocycles. The molecule has 2 nitrogen and oxygen atoms in total. The molecule has 0 bridgehead atoms. The van der Waals surface area contributed by atoms with E-state index < -0.39 is 6.10 Å². The van der Waals surface area contributed by atoms with E-state index >= 15 is 0 Å². The first kappa shape index (κ1) is 10.7. The zero-order valence-corrected chi connectivity index (χ0v) is 9.36. The molecule has 1 fully saturated rings. The second-order valence-corrected chi connectivity index (χ2v) is 4.29. The maximum atomic E-state index is 10.2. The predicted octanol–water partition coefficient (Wildman–Crippen LogP) is 2.52. The first-order valence-electron chi connectivity index (χ1n) is 5.56. The molecule has 1 N–H and O–H groups in total. The Balaban J connectivity index is 2.24. The van der Waals surface area contributed by atoms with Crippen molar-refractivity contribution in [3.63, 3.8) is 0 Å². The Kier molecular flexibility index (Phi) is 3.08. The molecule has 1 aromatic rings. The van der Waals surface area contributed by atoms with E-state index in [2.05, 4.69) is 19.9 Å². The molecule has 0 amide bonds. The summed E-state index contributed by atoms with van der Waals surface area (Å²) >= 11 is 0. The third-order valence-electron chi connectivity index (χ3n) is 3.28. The van der Waals surface area contributed by atoms with Crippen LogP contribution in [0.3, 0.4) is 0 Å². The summed E-state index contributed by atoms with van der Waals surface area (Å²) in [5.41, 5.74) is 3.42. The number of aryl methyl sites for hydroxylation is 1. The molecular weight excluding hydrogens is 188 g/mol. The predicted molar refractivity (Wildman–Crippen MR) is 59.8 cm³/mol. The largest absolute Gasteiger partial charge is 0.386 e. The summed E-state index contributed by atoms with van der Waals surface area (Å²) in [4.78, 5) is 0. The molecule has 0 aliphatic carbocycles. The Labute approximate surface area is 90.9 Å². The van der Waals surface area contributed by atoms with Gasteiger partial charge in [-0.15, -0.1) is 0 Å². The lowest BCUT2D eigenvalue weighted by atomic mass is 9.95. The van der Waals surface area contributed by atoms with Gasteiger partial charge in [0.2, 0.25) is 0 Å². The van der Waals surface area contributed by atoms with Crippen LogP contribution in [-0.2, 0) is 4.74 Å². The SMILES string of the molecule is Cc1cccc(C(O)C2CCCO2)c1C. The lowest BCUT2D eigenvalue weighted by Gasteiger charge is -2.20. The topological polar surface area (TPSA) is 29.5 Å². The Hall–Kier alpha value is -0.860. The van der Waals surface area contributed by atoms with Crippen molar-refractivity contribution in [2.75, 3.05) is 6.61 Å². The molecule has 0 radical (unpaired) electrons. The van der Waals surface area contributed by atoms with E-state index in [4.69, 9.17) is 4.74 Å². The van der Waals surface area contributed by atoms with Crippen LogP contribution in [0, 0.1) is 13.8 Å². The molecule has 2 unspecified atom stereocenters. The quantitative estimate of drug-likeness (QED) is 0.805. The number of benzene rings is 1. The number of rotatable bonds is 2. The minimum absolute atomic E-state index is 0.00880. The third kappa shape index (κ3) is 2.06. The Bertz CT molecular complexity index is 340. The Morgan fingerprint density at radius 2 is 2.20 bits per heavy atom. The highest BCUT2D eigenvalue weighted by Crippen LogP contribution is 2.29. The fourth-order valence-corrected chi connectivity index (χ4v) is 2.15. The first-order valence-corrected chi connectivity index (χ1v) is 5.56. The smallest absolute Gasteiger partial charge is 0.105 e. The molecule has 1 saturated heterocycles. The molecule has 15 heavy (non-hydrogen) atoms. The van der Waals surface area contributed by atoms with E-state index in [0.717, 1.165) is 25.0 Å². The van der Waals surface area contributed by atoms with Crippen LogP contribution in [0.25, 0.3) is 0 Å². The van der Waals surface area contributed by atoms with Gasteiger partial charge in [0.15, 0.2) is 0 Å². The monoisotopic (exact) mass is 206 g/mol. The van der Waals surface area contributed by atoms with E-state index in [9.17, 15) is 5.11 Å². The van der Waals surface area contributed by atoms with Crippen LogP contribution in [0.15, 0.2) is 18.2 Å². The molecule has 2 rings (SSSR count). The number of ether oxygens (including phenoxy) is 1. The van der Waals surface area contributed by atoms with Crippen LogP contribution < -0.4 is 0 Å². The van der Waals surface area contributed by atoms with Gasteiger partial charge in [0.25, 0.3) is 0 Å². The van der Waals surface area contributed by atoms with Crippen LogP contribution in [0.2, 0.25) is 0 Å². The lowest BCUT2D eigenvalue weighted by Crippen LogP contribution is -2.18. The molecule has 0 saturated carbocycles. The third-order valence-corrected chi connectivity index (χ3v) is 3.28. The van der Waals surface area contributed by atoms with Gasteiger partial charge >= 0.3 is 0 Å². The van der Waals surface area contributed by atoms with E-state index in [1.807, 2.05) is 12.1 Å².